The van der Waals surface area contributed by atoms with Gasteiger partial charge in [-0.2, -0.15) is 0 Å². The van der Waals surface area contributed by atoms with E-state index in [1.165, 1.54) is 5.69 Å². The van der Waals surface area contributed by atoms with Gasteiger partial charge in [0, 0.05) is 50.6 Å². The lowest BCUT2D eigenvalue weighted by Crippen LogP contribution is -2.48. The van der Waals surface area contributed by atoms with Gasteiger partial charge in [0.25, 0.3) is 0 Å². The molecule has 1 fully saturated rings. The van der Waals surface area contributed by atoms with Crippen LogP contribution >= 0.6 is 0 Å². The maximum absolute atomic E-state index is 5.83. The minimum atomic E-state index is 0.850. The topological polar surface area (TPSA) is 35.7 Å². The highest BCUT2D eigenvalue weighted by molar-refractivity contribution is 5.56. The molecular formula is C14H24N4. The normalized spacial score (nSPS) is 17.4. The maximum atomic E-state index is 5.83. The van der Waals surface area contributed by atoms with Crippen molar-refractivity contribution in [3.8, 4) is 0 Å². The van der Waals surface area contributed by atoms with E-state index in [1.807, 2.05) is 12.1 Å². The van der Waals surface area contributed by atoms with E-state index in [4.69, 9.17) is 5.73 Å². The molecule has 0 saturated carbocycles. The zero-order chi connectivity index (χ0) is 13.0. The Morgan fingerprint density at radius 2 is 1.89 bits per heavy atom. The first-order valence-corrected chi connectivity index (χ1v) is 6.63. The lowest BCUT2D eigenvalue weighted by molar-refractivity contribution is 0.229. The molecule has 0 spiro atoms. The molecule has 1 saturated heterocycles. The van der Waals surface area contributed by atoms with Crippen molar-refractivity contribution in [2.75, 3.05) is 64.0 Å². The second-order valence-corrected chi connectivity index (χ2v) is 5.23. The van der Waals surface area contributed by atoms with Crippen LogP contribution in [-0.2, 0) is 0 Å². The molecule has 0 bridgehead atoms. The molecule has 0 amide bonds. The molecular weight excluding hydrogens is 224 g/mol. The largest absolute Gasteiger partial charge is 0.399 e. The van der Waals surface area contributed by atoms with Crippen LogP contribution < -0.4 is 10.6 Å². The van der Waals surface area contributed by atoms with Crippen LogP contribution in [0.4, 0.5) is 11.4 Å². The average molecular weight is 248 g/mol. The molecule has 4 heteroatoms. The number of nitrogens with zero attached hydrogens (tertiary/aromatic N) is 3. The number of likely N-dealkylation sites (N-methyl/N-ethyl adjacent to an activating group) is 1. The highest BCUT2D eigenvalue weighted by atomic mass is 15.3. The monoisotopic (exact) mass is 248 g/mol. The van der Waals surface area contributed by atoms with Crippen LogP contribution in [0.25, 0.3) is 0 Å². The molecule has 0 unspecified atom stereocenters. The average Bonchev–Trinajstić information content (AvgIpc) is 2.37. The van der Waals surface area contributed by atoms with Gasteiger partial charge in [-0.05, 0) is 32.3 Å². The second kappa shape index (κ2) is 6.07. The summed E-state index contributed by atoms with van der Waals surface area (Å²) < 4.78 is 0. The van der Waals surface area contributed by atoms with E-state index in [0.717, 1.165) is 45.0 Å². The lowest BCUT2D eigenvalue weighted by Gasteiger charge is -2.36. The maximum Gasteiger partial charge on any atom is 0.0387 e. The molecule has 0 radical (unpaired) electrons. The van der Waals surface area contributed by atoms with Crippen molar-refractivity contribution in [2.24, 2.45) is 0 Å². The van der Waals surface area contributed by atoms with E-state index in [2.05, 4.69) is 40.9 Å². The number of hydrogen-bond acceptors (Lipinski definition) is 4. The third-order valence-corrected chi connectivity index (χ3v) is 3.47. The lowest BCUT2D eigenvalue weighted by atomic mass is 10.2. The van der Waals surface area contributed by atoms with Crippen LogP contribution in [0.5, 0.6) is 0 Å². The molecule has 2 rings (SSSR count). The van der Waals surface area contributed by atoms with Crippen molar-refractivity contribution in [3.63, 3.8) is 0 Å². The molecule has 0 atom stereocenters. The Labute approximate surface area is 110 Å². The highest BCUT2D eigenvalue weighted by Gasteiger charge is 2.16. The predicted molar refractivity (Wildman–Crippen MR) is 78.1 cm³/mol. The number of piperazine rings is 1. The predicted octanol–water partition coefficient (Wildman–Crippen LogP) is 0.952. The summed E-state index contributed by atoms with van der Waals surface area (Å²) in [6, 6.07) is 8.18. The Morgan fingerprint density at radius 3 is 2.50 bits per heavy atom. The van der Waals surface area contributed by atoms with Gasteiger partial charge in [-0.25, -0.2) is 0 Å². The van der Waals surface area contributed by atoms with Crippen molar-refractivity contribution >= 4 is 11.4 Å². The SMILES string of the molecule is CN(C)CCN1CCN(c2cccc(N)c2)CC1. The Hall–Kier alpha value is -1.26. The van der Waals surface area contributed by atoms with Gasteiger partial charge in [0.15, 0.2) is 0 Å². The van der Waals surface area contributed by atoms with Crippen LogP contribution in [0.2, 0.25) is 0 Å². The van der Waals surface area contributed by atoms with Crippen LogP contribution in [0.15, 0.2) is 24.3 Å². The van der Waals surface area contributed by atoms with E-state index in [0.29, 0.717) is 0 Å². The summed E-state index contributed by atoms with van der Waals surface area (Å²) in [7, 11) is 4.26. The van der Waals surface area contributed by atoms with Crippen LogP contribution in [0.1, 0.15) is 0 Å². The van der Waals surface area contributed by atoms with Gasteiger partial charge >= 0.3 is 0 Å². The van der Waals surface area contributed by atoms with Gasteiger partial charge in [-0.1, -0.05) is 6.07 Å². The summed E-state index contributed by atoms with van der Waals surface area (Å²) >= 11 is 0. The molecule has 18 heavy (non-hydrogen) atoms. The third-order valence-electron chi connectivity index (χ3n) is 3.47. The van der Waals surface area contributed by atoms with E-state index in [9.17, 15) is 0 Å². The molecule has 2 N–H and O–H groups in total. The summed E-state index contributed by atoms with van der Waals surface area (Å²) in [4.78, 5) is 7.19. The molecule has 1 aromatic rings. The summed E-state index contributed by atoms with van der Waals surface area (Å²) in [5, 5.41) is 0. The van der Waals surface area contributed by atoms with Crippen LogP contribution in [0, 0.1) is 0 Å². The zero-order valence-electron chi connectivity index (χ0n) is 11.5. The second-order valence-electron chi connectivity index (χ2n) is 5.23. The van der Waals surface area contributed by atoms with Gasteiger partial charge < -0.3 is 15.5 Å². The summed E-state index contributed by atoms with van der Waals surface area (Å²) in [5.74, 6) is 0. The molecule has 1 aromatic carbocycles. The van der Waals surface area contributed by atoms with Crippen molar-refractivity contribution in [1.29, 1.82) is 0 Å². The van der Waals surface area contributed by atoms with Crippen molar-refractivity contribution in [1.82, 2.24) is 9.80 Å². The van der Waals surface area contributed by atoms with Crippen LogP contribution in [-0.4, -0.2) is 63.2 Å². The van der Waals surface area contributed by atoms with Crippen LogP contribution in [0.3, 0.4) is 0 Å². The summed E-state index contributed by atoms with van der Waals surface area (Å²) in [6.45, 7) is 6.77. The Morgan fingerprint density at radius 1 is 1.17 bits per heavy atom. The fraction of sp³-hybridized carbons (Fsp3) is 0.571. The minimum absolute atomic E-state index is 0.850. The Kier molecular flexibility index (Phi) is 4.44. The highest BCUT2D eigenvalue weighted by Crippen LogP contribution is 2.18. The number of rotatable bonds is 4. The molecule has 1 aliphatic heterocycles. The molecule has 100 valence electrons. The standard InChI is InChI=1S/C14H24N4/c1-16(2)6-7-17-8-10-18(11-9-17)14-5-3-4-13(15)12-14/h3-5,12H,6-11,15H2,1-2H3. The molecule has 1 aliphatic rings. The van der Waals surface area contributed by atoms with Gasteiger partial charge in [-0.3, -0.25) is 4.90 Å². The smallest absolute Gasteiger partial charge is 0.0387 e. The summed E-state index contributed by atoms with van der Waals surface area (Å²) in [6.07, 6.45) is 0. The van der Waals surface area contributed by atoms with Gasteiger partial charge in [0.1, 0.15) is 0 Å². The van der Waals surface area contributed by atoms with Crippen molar-refractivity contribution in [2.45, 2.75) is 0 Å². The number of hydrogen-bond donors (Lipinski definition) is 1. The first-order valence-electron chi connectivity index (χ1n) is 6.63. The van der Waals surface area contributed by atoms with E-state index in [1.54, 1.807) is 0 Å². The Bertz CT molecular complexity index is 370. The first-order chi connectivity index (χ1) is 8.65. The van der Waals surface area contributed by atoms with Gasteiger partial charge in [0.05, 0.1) is 0 Å². The van der Waals surface area contributed by atoms with Gasteiger partial charge in [0.2, 0.25) is 0 Å². The molecule has 0 aromatic heterocycles. The zero-order valence-corrected chi connectivity index (χ0v) is 11.5. The minimum Gasteiger partial charge on any atom is -0.399 e. The number of nitrogen functional groups attached to an aromatic ring is 1. The summed E-state index contributed by atoms with van der Waals surface area (Å²) in [5.41, 5.74) is 7.93. The molecule has 1 heterocycles. The fourth-order valence-corrected chi connectivity index (χ4v) is 2.29. The Balaban J connectivity index is 1.83. The number of anilines is 2. The fourth-order valence-electron chi connectivity index (χ4n) is 2.29. The van der Waals surface area contributed by atoms with Gasteiger partial charge in [-0.15, -0.1) is 0 Å². The number of nitrogens with two attached hydrogens (primary N) is 1. The quantitative estimate of drug-likeness (QED) is 0.805. The van der Waals surface area contributed by atoms with Crippen molar-refractivity contribution in [3.05, 3.63) is 24.3 Å². The molecule has 0 aliphatic carbocycles. The van der Waals surface area contributed by atoms with E-state index >= 15 is 0 Å². The first kappa shape index (κ1) is 13.2. The van der Waals surface area contributed by atoms with Crippen molar-refractivity contribution < 1.29 is 0 Å². The number of benzene rings is 1. The van der Waals surface area contributed by atoms with E-state index < -0.39 is 0 Å². The third kappa shape index (κ3) is 3.62. The van der Waals surface area contributed by atoms with E-state index in [-0.39, 0.29) is 0 Å². The molecule has 4 nitrogen and oxygen atoms in total.